The van der Waals surface area contributed by atoms with Crippen LogP contribution in [0.5, 0.6) is 0 Å². The molecule has 2 heteroatoms. The van der Waals surface area contributed by atoms with E-state index in [1.807, 2.05) is 0 Å². The lowest BCUT2D eigenvalue weighted by Gasteiger charge is -2.28. The van der Waals surface area contributed by atoms with Gasteiger partial charge in [0.15, 0.2) is 0 Å². The first-order chi connectivity index (χ1) is 16.8. The van der Waals surface area contributed by atoms with Crippen LogP contribution in [-0.2, 0) is 12.6 Å². The average Bonchev–Trinajstić information content (AvgIpc) is 2.91. The Balaban J connectivity index is 0.00000342. The van der Waals surface area contributed by atoms with Crippen molar-refractivity contribution in [2.24, 2.45) is 0 Å². The minimum atomic E-state index is -1.86. The summed E-state index contributed by atoms with van der Waals surface area (Å²) in [6.07, 6.45) is 10.3. The van der Waals surface area contributed by atoms with E-state index in [1.165, 1.54) is 72.0 Å². The van der Waals surface area contributed by atoms with E-state index in [4.69, 9.17) is 0 Å². The Hall–Kier alpha value is -2.40. The van der Waals surface area contributed by atoms with E-state index >= 15 is 0 Å². The average molecular weight is 501 g/mol. The van der Waals surface area contributed by atoms with Crippen molar-refractivity contribution in [1.82, 2.24) is 0 Å². The van der Waals surface area contributed by atoms with Crippen molar-refractivity contribution in [2.75, 3.05) is 0 Å². The van der Waals surface area contributed by atoms with Gasteiger partial charge in [-0.05, 0) is 60.4 Å². The van der Waals surface area contributed by atoms with Crippen LogP contribution in [-0.4, -0.2) is 0 Å². The van der Waals surface area contributed by atoms with Crippen molar-refractivity contribution in [3.05, 3.63) is 126 Å². The molecule has 0 spiro atoms. The highest BCUT2D eigenvalue weighted by Gasteiger charge is 2.45. The van der Waals surface area contributed by atoms with Crippen LogP contribution in [0, 0.1) is 0 Å². The van der Waals surface area contributed by atoms with Crippen molar-refractivity contribution < 1.29 is 12.4 Å². The molecule has 0 atom stereocenters. The molecule has 0 heterocycles. The van der Waals surface area contributed by atoms with Gasteiger partial charge < -0.3 is 12.4 Å². The Labute approximate surface area is 219 Å². The molecule has 182 valence electrons. The minimum absolute atomic E-state index is 0. The number of aryl methyl sites for hydroxylation is 1. The Morgan fingerprint density at radius 2 is 0.857 bits per heavy atom. The van der Waals surface area contributed by atoms with Crippen molar-refractivity contribution in [1.29, 1.82) is 0 Å². The Bertz CT molecular complexity index is 1010. The monoisotopic (exact) mass is 500 g/mol. The van der Waals surface area contributed by atoms with Gasteiger partial charge in [-0.15, -0.1) is 0 Å². The van der Waals surface area contributed by atoms with Crippen molar-refractivity contribution >= 4 is 23.2 Å². The quantitative estimate of drug-likeness (QED) is 0.188. The van der Waals surface area contributed by atoms with Crippen LogP contribution < -0.4 is 28.3 Å². The highest BCUT2D eigenvalue weighted by atomic mass is 35.5. The molecule has 4 aromatic carbocycles. The molecule has 0 aromatic heterocycles. The van der Waals surface area contributed by atoms with Gasteiger partial charge in [-0.1, -0.05) is 118 Å². The topological polar surface area (TPSA) is 0 Å². The summed E-state index contributed by atoms with van der Waals surface area (Å²) in [6.45, 7) is 2.29. The summed E-state index contributed by atoms with van der Waals surface area (Å²) in [5.41, 5.74) is 3.05. The number of unbranched alkanes of at least 4 members (excludes halogenated alkanes) is 5. The largest absolute Gasteiger partial charge is 1.00 e. The van der Waals surface area contributed by atoms with Gasteiger partial charge >= 0.3 is 0 Å². The third kappa shape index (κ3) is 6.84. The van der Waals surface area contributed by atoms with Crippen LogP contribution in [0.4, 0.5) is 0 Å². The highest BCUT2D eigenvalue weighted by molar-refractivity contribution is 7.95. The lowest BCUT2D eigenvalue weighted by molar-refractivity contribution is -0.00000682. The number of benzene rings is 4. The van der Waals surface area contributed by atoms with Crippen LogP contribution in [0.1, 0.15) is 56.6 Å². The van der Waals surface area contributed by atoms with Crippen LogP contribution in [0.2, 0.25) is 0 Å². The third-order valence-electron chi connectivity index (χ3n) is 6.92. The van der Waals surface area contributed by atoms with Crippen LogP contribution in [0.3, 0.4) is 0 Å². The molecule has 0 bridgehead atoms. The van der Waals surface area contributed by atoms with Gasteiger partial charge in [0.05, 0.1) is 6.16 Å². The standard InChI is InChI=1S/C33H38P.ClH/c1-2-3-4-5-6-10-19-29-20-17-18-21-30(29)28-34(31-22-11-7-12-23-31,32-24-13-8-14-25-32)33-26-15-9-16-27-33;/h7-9,11-18,20-27H,2-6,10,19,28H2,1H3;1H/q+1;/p-1. The first-order valence-electron chi connectivity index (χ1n) is 13.0. The normalized spacial score (nSPS) is 11.1. The number of halogens is 1. The molecule has 4 rings (SSSR count). The second-order valence-electron chi connectivity index (χ2n) is 9.26. The van der Waals surface area contributed by atoms with Gasteiger partial charge in [0.1, 0.15) is 23.2 Å². The highest BCUT2D eigenvalue weighted by Crippen LogP contribution is 2.58. The summed E-state index contributed by atoms with van der Waals surface area (Å²) in [5.74, 6) is 0. The van der Waals surface area contributed by atoms with E-state index in [2.05, 4.69) is 122 Å². The molecule has 0 unspecified atom stereocenters. The predicted octanol–water partition coefficient (Wildman–Crippen LogP) is 5.09. The molecule has 0 fully saturated rings. The molecule has 0 amide bonds. The molecule has 0 saturated carbocycles. The summed E-state index contributed by atoms with van der Waals surface area (Å²) in [4.78, 5) is 0. The molecule has 0 radical (unpaired) electrons. The summed E-state index contributed by atoms with van der Waals surface area (Å²) in [5, 5.41) is 4.38. The summed E-state index contributed by atoms with van der Waals surface area (Å²) in [6, 6.07) is 43.0. The van der Waals surface area contributed by atoms with E-state index in [0.29, 0.717) is 0 Å². The lowest BCUT2D eigenvalue weighted by Crippen LogP contribution is -3.00. The number of rotatable bonds is 12. The second kappa shape index (κ2) is 14.2. The molecule has 35 heavy (non-hydrogen) atoms. The zero-order chi connectivity index (χ0) is 23.5. The van der Waals surface area contributed by atoms with Crippen LogP contribution >= 0.6 is 7.26 Å². The van der Waals surface area contributed by atoms with E-state index in [0.717, 1.165) is 6.16 Å². The minimum Gasteiger partial charge on any atom is -1.00 e. The first kappa shape index (κ1) is 27.2. The fourth-order valence-electron chi connectivity index (χ4n) is 5.08. The predicted molar refractivity (Wildman–Crippen MR) is 152 cm³/mol. The van der Waals surface area contributed by atoms with E-state index in [1.54, 1.807) is 0 Å². The maximum atomic E-state index is 2.38. The van der Waals surface area contributed by atoms with E-state index in [-0.39, 0.29) is 12.4 Å². The maximum absolute atomic E-state index is 2.38. The van der Waals surface area contributed by atoms with E-state index in [9.17, 15) is 0 Å². The molecule has 0 N–H and O–H groups in total. The maximum Gasteiger partial charge on any atom is 0.116 e. The second-order valence-corrected chi connectivity index (χ2v) is 12.7. The van der Waals surface area contributed by atoms with Gasteiger partial charge in [0, 0.05) is 0 Å². The summed E-state index contributed by atoms with van der Waals surface area (Å²) in [7, 11) is -1.86. The fraction of sp³-hybridized carbons (Fsp3) is 0.273. The number of hydrogen-bond donors (Lipinski definition) is 0. The van der Waals surface area contributed by atoms with Crippen LogP contribution in [0.25, 0.3) is 0 Å². The Morgan fingerprint density at radius 1 is 0.457 bits per heavy atom. The Morgan fingerprint density at radius 3 is 1.34 bits per heavy atom. The summed E-state index contributed by atoms with van der Waals surface area (Å²) >= 11 is 0. The smallest absolute Gasteiger partial charge is 0.116 e. The van der Waals surface area contributed by atoms with Gasteiger partial charge in [-0.2, -0.15) is 0 Å². The molecular formula is C33H38ClP. The molecule has 0 aliphatic rings. The summed E-state index contributed by atoms with van der Waals surface area (Å²) < 4.78 is 0. The van der Waals surface area contributed by atoms with Gasteiger partial charge in [0.25, 0.3) is 0 Å². The molecule has 0 saturated heterocycles. The van der Waals surface area contributed by atoms with Crippen molar-refractivity contribution in [2.45, 2.75) is 58.0 Å². The van der Waals surface area contributed by atoms with Gasteiger partial charge in [-0.25, -0.2) is 0 Å². The molecule has 0 aliphatic heterocycles. The fourth-order valence-corrected chi connectivity index (χ4v) is 9.38. The third-order valence-corrected chi connectivity index (χ3v) is 11.3. The van der Waals surface area contributed by atoms with E-state index < -0.39 is 7.26 Å². The lowest BCUT2D eigenvalue weighted by atomic mass is 10.0. The SMILES string of the molecule is CCCCCCCCc1ccccc1C[P+](c1ccccc1)(c1ccccc1)c1ccccc1.[Cl-]. The van der Waals surface area contributed by atoms with Crippen molar-refractivity contribution in [3.63, 3.8) is 0 Å². The number of hydrogen-bond acceptors (Lipinski definition) is 0. The van der Waals surface area contributed by atoms with Gasteiger partial charge in [-0.3, -0.25) is 0 Å². The van der Waals surface area contributed by atoms with Crippen LogP contribution in [0.15, 0.2) is 115 Å². The zero-order valence-corrected chi connectivity index (χ0v) is 22.6. The van der Waals surface area contributed by atoms with Gasteiger partial charge in [0.2, 0.25) is 0 Å². The first-order valence-corrected chi connectivity index (χ1v) is 14.9. The Kier molecular flexibility index (Phi) is 11.1. The molecule has 4 aromatic rings. The van der Waals surface area contributed by atoms with Crippen molar-refractivity contribution in [3.8, 4) is 0 Å². The molecular weight excluding hydrogens is 463 g/mol. The molecule has 0 nitrogen and oxygen atoms in total. The zero-order valence-electron chi connectivity index (χ0n) is 21.0. The molecule has 0 aliphatic carbocycles.